The highest BCUT2D eigenvalue weighted by atomic mass is 16.5. The summed E-state index contributed by atoms with van der Waals surface area (Å²) in [6, 6.07) is 13.9. The molecule has 1 amide bonds. The lowest BCUT2D eigenvalue weighted by molar-refractivity contribution is -0.0123. The highest BCUT2D eigenvalue weighted by molar-refractivity contribution is 6.00. The molecular weight excluding hydrogens is 300 g/mol. The van der Waals surface area contributed by atoms with Gasteiger partial charge in [-0.2, -0.15) is 0 Å². The number of nitrogens with zero attached hydrogens (tertiary/aromatic N) is 1. The van der Waals surface area contributed by atoms with Crippen LogP contribution in [-0.4, -0.2) is 36.6 Å². The van der Waals surface area contributed by atoms with Crippen molar-refractivity contribution in [3.63, 3.8) is 0 Å². The summed E-state index contributed by atoms with van der Waals surface area (Å²) in [5.41, 5.74) is 5.00. The van der Waals surface area contributed by atoms with Gasteiger partial charge in [-0.1, -0.05) is 24.3 Å². The number of carbonyl (C=O) groups is 1. The number of ether oxygens (including phenoxy) is 1. The summed E-state index contributed by atoms with van der Waals surface area (Å²) < 4.78 is 5.54. The van der Waals surface area contributed by atoms with Gasteiger partial charge in [-0.25, -0.2) is 0 Å². The van der Waals surface area contributed by atoms with E-state index in [4.69, 9.17) is 4.74 Å². The molecule has 0 bridgehead atoms. The number of nitrogens with one attached hydrogen (secondary N) is 1. The molecule has 1 aliphatic heterocycles. The van der Waals surface area contributed by atoms with Crippen LogP contribution in [0.5, 0.6) is 0 Å². The van der Waals surface area contributed by atoms with Crippen LogP contribution in [0, 0.1) is 13.8 Å². The van der Waals surface area contributed by atoms with E-state index >= 15 is 0 Å². The van der Waals surface area contributed by atoms with Gasteiger partial charge < -0.3 is 15.0 Å². The molecule has 0 spiro atoms. The van der Waals surface area contributed by atoms with Crippen LogP contribution >= 0.6 is 0 Å². The first kappa shape index (κ1) is 16.5. The number of rotatable bonds is 3. The van der Waals surface area contributed by atoms with Crippen LogP contribution in [0.2, 0.25) is 0 Å². The lowest BCUT2D eigenvalue weighted by atomic mass is 10.1. The largest absolute Gasteiger partial charge is 0.375 e. The Labute approximate surface area is 143 Å². The molecule has 2 aromatic rings. The van der Waals surface area contributed by atoms with Crippen molar-refractivity contribution in [2.75, 3.05) is 25.0 Å². The Morgan fingerprint density at radius 2 is 1.88 bits per heavy atom. The van der Waals surface area contributed by atoms with Crippen molar-refractivity contribution in [1.82, 2.24) is 4.90 Å². The molecule has 126 valence electrons. The molecule has 0 saturated carbocycles. The third-order valence-corrected chi connectivity index (χ3v) is 4.56. The summed E-state index contributed by atoms with van der Waals surface area (Å²) in [5.74, 6) is 0.0542. The molecule has 0 radical (unpaired) electrons. The minimum Gasteiger partial charge on any atom is -0.375 e. The van der Waals surface area contributed by atoms with E-state index in [0.29, 0.717) is 25.3 Å². The molecular formula is C20H24N2O2. The minimum absolute atomic E-state index is 0.0542. The van der Waals surface area contributed by atoms with Crippen molar-refractivity contribution in [3.8, 4) is 0 Å². The van der Waals surface area contributed by atoms with Gasteiger partial charge in [-0.3, -0.25) is 4.79 Å². The zero-order valence-corrected chi connectivity index (χ0v) is 14.5. The molecule has 4 heteroatoms. The fourth-order valence-corrected chi connectivity index (χ4v) is 2.98. The van der Waals surface area contributed by atoms with E-state index in [0.717, 1.165) is 11.4 Å². The first-order chi connectivity index (χ1) is 11.6. The molecule has 4 nitrogen and oxygen atoms in total. The highest BCUT2D eigenvalue weighted by Gasteiger charge is 2.24. The maximum atomic E-state index is 12.9. The molecule has 1 N–H and O–H groups in total. The summed E-state index contributed by atoms with van der Waals surface area (Å²) in [5, 5.41) is 3.43. The van der Waals surface area contributed by atoms with Gasteiger partial charge in [0.05, 0.1) is 24.0 Å². The maximum Gasteiger partial charge on any atom is 0.256 e. The Bertz CT molecular complexity index is 742. The quantitative estimate of drug-likeness (QED) is 0.931. The molecule has 1 heterocycles. The zero-order valence-electron chi connectivity index (χ0n) is 14.5. The third kappa shape index (κ3) is 3.44. The number of hydrogen-bond acceptors (Lipinski definition) is 3. The fraction of sp³-hybridized carbons (Fsp3) is 0.350. The van der Waals surface area contributed by atoms with E-state index < -0.39 is 0 Å². The topological polar surface area (TPSA) is 41.6 Å². The summed E-state index contributed by atoms with van der Waals surface area (Å²) in [4.78, 5) is 14.8. The van der Waals surface area contributed by atoms with Crippen LogP contribution in [0.3, 0.4) is 0 Å². The van der Waals surface area contributed by atoms with Crippen LogP contribution in [0.4, 0.5) is 11.4 Å². The number of anilines is 2. The fourth-order valence-electron chi connectivity index (χ4n) is 2.98. The van der Waals surface area contributed by atoms with Gasteiger partial charge in [0.25, 0.3) is 5.91 Å². The molecule has 0 unspecified atom stereocenters. The first-order valence-electron chi connectivity index (χ1n) is 8.39. The average molecular weight is 324 g/mol. The Hall–Kier alpha value is -2.33. The average Bonchev–Trinajstić information content (AvgIpc) is 2.59. The summed E-state index contributed by atoms with van der Waals surface area (Å²) in [6.45, 7) is 8.05. The molecule has 1 aliphatic rings. The van der Waals surface area contributed by atoms with Crippen LogP contribution in [-0.2, 0) is 4.74 Å². The molecule has 0 aromatic heterocycles. The highest BCUT2D eigenvalue weighted by Crippen LogP contribution is 2.26. The van der Waals surface area contributed by atoms with Crippen LogP contribution < -0.4 is 5.32 Å². The number of amides is 1. The van der Waals surface area contributed by atoms with Crippen molar-refractivity contribution in [3.05, 3.63) is 59.2 Å². The van der Waals surface area contributed by atoms with Gasteiger partial charge in [-0.05, 0) is 50.1 Å². The van der Waals surface area contributed by atoms with Gasteiger partial charge >= 0.3 is 0 Å². The second kappa shape index (κ2) is 7.05. The summed E-state index contributed by atoms with van der Waals surface area (Å²) in [7, 11) is 0. The Morgan fingerprint density at radius 3 is 2.67 bits per heavy atom. The van der Waals surface area contributed by atoms with E-state index in [2.05, 4.69) is 25.2 Å². The number of aryl methyl sites for hydroxylation is 1. The Morgan fingerprint density at radius 1 is 1.12 bits per heavy atom. The van der Waals surface area contributed by atoms with Crippen LogP contribution in [0.15, 0.2) is 42.5 Å². The van der Waals surface area contributed by atoms with E-state index in [9.17, 15) is 4.79 Å². The van der Waals surface area contributed by atoms with E-state index in [1.807, 2.05) is 48.2 Å². The second-order valence-corrected chi connectivity index (χ2v) is 6.35. The van der Waals surface area contributed by atoms with Gasteiger partial charge in [0, 0.05) is 18.8 Å². The standard InChI is InChI=1S/C20H24N2O2/c1-14-7-6-10-18(16(14)3)21-19-9-5-4-8-17(19)20(23)22-11-12-24-15(2)13-22/h4-10,15,21H,11-13H2,1-3H3/t15-/m0/s1. The van der Waals surface area contributed by atoms with Crippen molar-refractivity contribution >= 4 is 17.3 Å². The molecule has 1 atom stereocenters. The van der Waals surface area contributed by atoms with Gasteiger partial charge in [0.15, 0.2) is 0 Å². The molecule has 24 heavy (non-hydrogen) atoms. The van der Waals surface area contributed by atoms with Crippen LogP contribution in [0.1, 0.15) is 28.4 Å². The van der Waals surface area contributed by atoms with Crippen LogP contribution in [0.25, 0.3) is 0 Å². The first-order valence-corrected chi connectivity index (χ1v) is 8.39. The number of hydrogen-bond donors (Lipinski definition) is 1. The molecule has 0 aliphatic carbocycles. The predicted molar refractivity (Wildman–Crippen MR) is 97.0 cm³/mol. The van der Waals surface area contributed by atoms with Crippen molar-refractivity contribution < 1.29 is 9.53 Å². The maximum absolute atomic E-state index is 12.9. The van der Waals surface area contributed by atoms with Gasteiger partial charge in [0.2, 0.25) is 0 Å². The van der Waals surface area contributed by atoms with Gasteiger partial charge in [0.1, 0.15) is 0 Å². The molecule has 3 rings (SSSR count). The number of para-hydroxylation sites is 1. The van der Waals surface area contributed by atoms with E-state index in [-0.39, 0.29) is 12.0 Å². The lowest BCUT2D eigenvalue weighted by Gasteiger charge is -2.31. The smallest absolute Gasteiger partial charge is 0.256 e. The number of benzene rings is 2. The molecule has 1 saturated heterocycles. The van der Waals surface area contributed by atoms with E-state index in [1.165, 1.54) is 11.1 Å². The number of morpholine rings is 1. The lowest BCUT2D eigenvalue weighted by Crippen LogP contribution is -2.44. The third-order valence-electron chi connectivity index (χ3n) is 4.56. The van der Waals surface area contributed by atoms with Crippen molar-refractivity contribution in [2.24, 2.45) is 0 Å². The van der Waals surface area contributed by atoms with Gasteiger partial charge in [-0.15, -0.1) is 0 Å². The van der Waals surface area contributed by atoms with Crippen molar-refractivity contribution in [1.29, 1.82) is 0 Å². The van der Waals surface area contributed by atoms with Crippen molar-refractivity contribution in [2.45, 2.75) is 26.9 Å². The molecule has 2 aromatic carbocycles. The SMILES string of the molecule is Cc1cccc(Nc2ccccc2C(=O)N2CCO[C@@H](C)C2)c1C. The summed E-state index contributed by atoms with van der Waals surface area (Å²) in [6.07, 6.45) is 0.0850. The summed E-state index contributed by atoms with van der Waals surface area (Å²) >= 11 is 0. The minimum atomic E-state index is 0.0542. The zero-order chi connectivity index (χ0) is 17.1. The predicted octanol–water partition coefficient (Wildman–Crippen LogP) is 3.91. The normalized spacial score (nSPS) is 17.6. The van der Waals surface area contributed by atoms with E-state index in [1.54, 1.807) is 0 Å². The number of carbonyl (C=O) groups excluding carboxylic acids is 1. The monoisotopic (exact) mass is 324 g/mol. The Balaban J connectivity index is 1.88. The second-order valence-electron chi connectivity index (χ2n) is 6.35. The Kier molecular flexibility index (Phi) is 4.86. The molecule has 1 fully saturated rings.